The third kappa shape index (κ3) is 21.0. The summed E-state index contributed by atoms with van der Waals surface area (Å²) >= 11 is 0. The molecule has 0 aromatic carbocycles. The summed E-state index contributed by atoms with van der Waals surface area (Å²) in [5.74, 6) is 0.0461. The van der Waals surface area contributed by atoms with Crippen LogP contribution in [0.5, 0.6) is 0 Å². The number of amides is 10. The molecule has 2 saturated carbocycles. The molecule has 2 aliphatic carbocycles. The van der Waals surface area contributed by atoms with Gasteiger partial charge < -0.3 is 57.4 Å². The van der Waals surface area contributed by atoms with Gasteiger partial charge in [0.05, 0.1) is 12.1 Å². The fraction of sp³-hybridized carbons (Fsp3) is 0.635. The first kappa shape index (κ1) is 86.4. The van der Waals surface area contributed by atoms with Crippen LogP contribution in [0.1, 0.15) is 136 Å². The Morgan fingerprint density at radius 2 is 0.981 bits per heavy atom. The zero-order chi connectivity index (χ0) is 78.8. The van der Waals surface area contributed by atoms with E-state index in [2.05, 4.69) is 77.5 Å². The van der Waals surface area contributed by atoms with Crippen molar-refractivity contribution in [3.63, 3.8) is 0 Å². The number of fused-ring (bicyclic) bond motifs is 2. The summed E-state index contributed by atoms with van der Waals surface area (Å²) in [6, 6.07) is 0.163. The van der Waals surface area contributed by atoms with Gasteiger partial charge in [0.15, 0.2) is 16.2 Å². The highest BCUT2D eigenvalue weighted by molar-refractivity contribution is 7.89. The number of likely N-dealkylation sites (tertiary alicyclic amines) is 2. The molecule has 4 heterocycles. The highest BCUT2D eigenvalue weighted by Gasteiger charge is 2.71. The van der Waals surface area contributed by atoms with E-state index in [-0.39, 0.29) is 110 Å². The molecule has 2 aromatic rings. The van der Waals surface area contributed by atoms with Crippen molar-refractivity contribution in [2.45, 2.75) is 201 Å². The third-order valence-electron chi connectivity index (χ3n) is 20.3. The Hall–Kier alpha value is -8.29. The first-order valence-corrected chi connectivity index (χ1v) is 37.8. The second-order valence-corrected chi connectivity index (χ2v) is 36.8. The lowest BCUT2D eigenvalue weighted by atomic mass is 9.85. The Morgan fingerprint density at radius 3 is 1.34 bits per heavy atom. The van der Waals surface area contributed by atoms with Crippen molar-refractivity contribution in [3.8, 4) is 24.7 Å². The smallest absolute Gasteiger partial charge is 0.315 e. The lowest BCUT2D eigenvalue weighted by Gasteiger charge is -2.39. The van der Waals surface area contributed by atoms with Gasteiger partial charge in [0.1, 0.15) is 24.2 Å². The number of rotatable bonds is 30. The first-order valence-electron chi connectivity index (χ1n) is 35.0. The van der Waals surface area contributed by atoms with Crippen LogP contribution in [0.3, 0.4) is 0 Å². The molecule has 104 heavy (non-hydrogen) atoms. The van der Waals surface area contributed by atoms with Crippen molar-refractivity contribution in [1.82, 2.24) is 70.9 Å². The van der Waals surface area contributed by atoms with Gasteiger partial charge in [-0.25, -0.2) is 36.4 Å². The third-order valence-corrected chi connectivity index (χ3v) is 23.8. The molecule has 30 heteroatoms. The van der Waals surface area contributed by atoms with Crippen molar-refractivity contribution in [2.24, 2.45) is 56.2 Å². The minimum atomic E-state index is -3.96. The van der Waals surface area contributed by atoms with Crippen LogP contribution in [-0.4, -0.2) is 211 Å². The summed E-state index contributed by atoms with van der Waals surface area (Å²) in [7, 11) is -5.09. The zero-order valence-electron chi connectivity index (χ0n) is 63.7. The number of aliphatic hydroxyl groups excluding tert-OH is 1. The van der Waals surface area contributed by atoms with Crippen molar-refractivity contribution in [2.75, 3.05) is 53.4 Å². The van der Waals surface area contributed by atoms with Gasteiger partial charge in [-0.2, -0.15) is 8.61 Å². The number of likely N-dealkylation sites (N-methyl/N-ethyl adjacent to an activating group) is 2. The summed E-state index contributed by atoms with van der Waals surface area (Å²) in [5, 5.41) is 32.5. The zero-order valence-corrected chi connectivity index (χ0v) is 65.3. The van der Waals surface area contributed by atoms with E-state index >= 15 is 0 Å². The summed E-state index contributed by atoms with van der Waals surface area (Å²) < 4.78 is 55.2. The SMILES string of the molecule is C#CCCC(NC(=O)[C@@H]1[C@@H]2[C@H](CN1C(=O)[C@@H](NC(=O)N[C@H](CN(C)S(=O)(=O)c1ccccn1)C(C)(C)C)C(C)(C)C)C2(C)C)C(=O)C(=O)NCC=C.C#CCCC(NC(=O)[C@@H]1[C@@H]2[C@H](CN1C(=O)[C@@H](NC(=O)N[C@H](CN(C)S(=O)(=O)c1ccccn1)C(C)(C)C)C(C)(C)C)C2(C)C)C(O)C(=O)NCC=C. The summed E-state index contributed by atoms with van der Waals surface area (Å²) in [4.78, 5) is 133. The average molecular weight is 1490 g/mol. The quantitative estimate of drug-likeness (QED) is 0.0304. The highest BCUT2D eigenvalue weighted by atomic mass is 32.2. The monoisotopic (exact) mass is 1480 g/mol. The number of piperidine rings is 2. The van der Waals surface area contributed by atoms with Crippen LogP contribution >= 0.6 is 0 Å². The van der Waals surface area contributed by atoms with Crippen molar-refractivity contribution < 1.29 is 65.1 Å². The van der Waals surface area contributed by atoms with Gasteiger partial charge in [-0.05, 0) is 93.3 Å². The van der Waals surface area contributed by atoms with Crippen LogP contribution in [0.4, 0.5) is 9.59 Å². The number of aromatic nitrogens is 2. The topological polar surface area (TPSA) is 377 Å². The molecule has 3 unspecified atom stereocenters. The number of terminal acetylenes is 2. The fourth-order valence-electron chi connectivity index (χ4n) is 13.5. The molecule has 10 amide bonds. The molecule has 0 bridgehead atoms. The van der Waals surface area contributed by atoms with Crippen LogP contribution in [0.15, 0.2) is 84.2 Å². The van der Waals surface area contributed by atoms with E-state index < -0.39 is 149 Å². The highest BCUT2D eigenvalue weighted by Crippen LogP contribution is 2.66. The number of pyridine rings is 2. The lowest BCUT2D eigenvalue weighted by molar-refractivity contribution is -0.145. The van der Waals surface area contributed by atoms with Gasteiger partial charge in [-0.1, -0.05) is 135 Å². The van der Waals surface area contributed by atoms with Crippen LogP contribution in [-0.2, 0) is 53.6 Å². The number of aliphatic hydroxyl groups is 1. The van der Waals surface area contributed by atoms with Gasteiger partial charge in [0, 0.05) is 90.7 Å². The maximum atomic E-state index is 14.4. The Balaban J connectivity index is 0.000000374. The average Bonchev–Trinajstić information content (AvgIpc) is 1.53. The molecule has 6 rings (SSSR count). The van der Waals surface area contributed by atoms with Gasteiger partial charge in [0.2, 0.25) is 29.4 Å². The van der Waals surface area contributed by atoms with Crippen molar-refractivity contribution >= 4 is 73.3 Å². The van der Waals surface area contributed by atoms with Gasteiger partial charge in [-0.15, -0.1) is 37.8 Å². The minimum Gasteiger partial charge on any atom is -0.381 e. The van der Waals surface area contributed by atoms with Gasteiger partial charge in [0.25, 0.3) is 31.9 Å². The molecule has 0 spiro atoms. The Labute approximate surface area is 615 Å². The molecule has 574 valence electrons. The van der Waals surface area contributed by atoms with Gasteiger partial charge in [-0.3, -0.25) is 33.6 Å². The van der Waals surface area contributed by atoms with E-state index in [1.54, 1.807) is 65.8 Å². The second kappa shape index (κ2) is 34.3. The number of ketones is 1. The standard InChI is InChI=1S/C37H57N7O7S.C37H55N7O7S/c2*1-12-14-17-24(29(45)32(47)39-19-13-2)40-31(46)28-27-23(37(27,9)10)21-44(28)33(48)30(36(6,7)8)42-34(49)41-25(35(3,4)5)22-43(11)52(50,51)26-18-15-16-20-38-26/h1,13,15-16,18,20,23-25,27-30,45H,2,14,17,19,21-22H2,3-11H3,(H,39,47)(H,40,46)(H2,41,42,49);1,13,15-16,18,20,23-25,27-28,30H,2,14,17,19,21-22H2,3-11H3,(H,39,47)(H,40,46)(H2,41,42,49)/t23-,24?,25+,27-,28-,29?,30+;23-,24?,25+,27-,28-,30+/m00/s1. The maximum Gasteiger partial charge on any atom is 0.315 e. The Kier molecular flexibility index (Phi) is 28.5. The first-order chi connectivity index (χ1) is 48.0. The molecule has 28 nitrogen and oxygen atoms in total. The summed E-state index contributed by atoms with van der Waals surface area (Å²) in [6.07, 6.45) is 15.4. The lowest BCUT2D eigenvalue weighted by Crippen LogP contribution is -2.63. The molecular formula is C74H112N14O14S2. The Morgan fingerprint density at radius 1 is 0.596 bits per heavy atom. The van der Waals surface area contributed by atoms with Crippen LogP contribution in [0, 0.1) is 80.8 Å². The fourth-order valence-corrected chi connectivity index (χ4v) is 15.7. The maximum absolute atomic E-state index is 14.4. The number of sulfonamides is 2. The number of carbonyl (C=O) groups is 9. The van der Waals surface area contributed by atoms with Crippen LogP contribution in [0.25, 0.3) is 0 Å². The number of urea groups is 2. The molecule has 4 aliphatic rings. The number of Topliss-reactive ketones (excluding diaryl/α,β-unsaturated/α-hetero) is 1. The molecule has 13 atom stereocenters. The van der Waals surface area contributed by atoms with E-state index in [0.717, 1.165) is 8.61 Å². The van der Waals surface area contributed by atoms with E-state index in [9.17, 15) is 65.1 Å². The normalized spacial score (nSPS) is 21.5. The van der Waals surface area contributed by atoms with E-state index in [1.807, 2.05) is 69.2 Å². The molecule has 2 aromatic heterocycles. The van der Waals surface area contributed by atoms with E-state index in [0.29, 0.717) is 0 Å². The number of carbonyl (C=O) groups excluding carboxylic acids is 9. The number of hydrogen-bond acceptors (Lipinski definition) is 16. The van der Waals surface area contributed by atoms with Crippen LogP contribution < -0.4 is 42.5 Å². The molecule has 4 fully saturated rings. The molecular weight excluding hydrogens is 1370 g/mol. The summed E-state index contributed by atoms with van der Waals surface area (Å²) in [5.41, 5.74) is -3.32. The van der Waals surface area contributed by atoms with Gasteiger partial charge >= 0.3 is 12.1 Å². The molecule has 0 radical (unpaired) electrons. The number of hydrogen-bond donors (Lipinski definition) is 9. The predicted molar refractivity (Wildman–Crippen MR) is 394 cm³/mol. The minimum absolute atomic E-state index is 0.000688. The van der Waals surface area contributed by atoms with Crippen molar-refractivity contribution in [3.05, 3.63) is 74.1 Å². The second-order valence-electron chi connectivity index (χ2n) is 32.9. The molecule has 9 N–H and O–H groups in total. The van der Waals surface area contributed by atoms with Crippen molar-refractivity contribution in [1.29, 1.82) is 0 Å². The largest absolute Gasteiger partial charge is 0.381 e. The molecule has 2 aliphatic heterocycles. The number of nitrogens with zero attached hydrogens (tertiary/aromatic N) is 6. The predicted octanol–water partition coefficient (Wildman–Crippen LogP) is 3.96. The summed E-state index contributed by atoms with van der Waals surface area (Å²) in [6.45, 7) is 37.7. The number of nitrogens with one attached hydrogen (secondary N) is 8. The van der Waals surface area contributed by atoms with E-state index in [4.69, 9.17) is 12.8 Å². The Bertz CT molecular complexity index is 3790. The van der Waals surface area contributed by atoms with E-state index in [1.165, 1.54) is 60.6 Å². The van der Waals surface area contributed by atoms with Crippen LogP contribution in [0.2, 0.25) is 0 Å². The molecule has 2 saturated heterocycles.